The molecule has 0 aromatic heterocycles. The average molecular weight is 333 g/mol. The lowest BCUT2D eigenvalue weighted by Gasteiger charge is -2.13. The summed E-state index contributed by atoms with van der Waals surface area (Å²) in [5.41, 5.74) is 11.6. The quantitative estimate of drug-likeness (QED) is 0.584. The molecule has 0 aliphatic carbocycles. The Labute approximate surface area is 148 Å². The standard InChI is InChI=1S/C22H23NO2/c1-4-6-20(21-12-11-19(25)14-22(21)23)17-8-7-15(3)16(13-17)9-10-18(24)5-2/h5-14,25H,2,4,23H2,1,3H3/b10-9-,20-6?. The van der Waals surface area contributed by atoms with Gasteiger partial charge >= 0.3 is 0 Å². The Morgan fingerprint density at radius 1 is 1.24 bits per heavy atom. The number of phenolic OH excluding ortho intramolecular Hbond substituents is 1. The van der Waals surface area contributed by atoms with Crippen molar-refractivity contribution in [3.63, 3.8) is 0 Å². The van der Waals surface area contributed by atoms with Crippen molar-refractivity contribution in [2.75, 3.05) is 5.73 Å². The number of aromatic hydroxyl groups is 1. The summed E-state index contributed by atoms with van der Waals surface area (Å²) >= 11 is 0. The van der Waals surface area contributed by atoms with Crippen molar-refractivity contribution in [2.24, 2.45) is 0 Å². The van der Waals surface area contributed by atoms with E-state index in [4.69, 9.17) is 5.73 Å². The van der Waals surface area contributed by atoms with Crippen molar-refractivity contribution in [1.82, 2.24) is 0 Å². The second-order valence-electron chi connectivity index (χ2n) is 5.81. The van der Waals surface area contributed by atoms with E-state index in [2.05, 4.69) is 19.6 Å². The van der Waals surface area contributed by atoms with E-state index in [1.807, 2.05) is 31.2 Å². The summed E-state index contributed by atoms with van der Waals surface area (Å²) in [6.45, 7) is 7.54. The number of nitrogens with two attached hydrogens (primary N) is 1. The molecule has 128 valence electrons. The van der Waals surface area contributed by atoms with E-state index >= 15 is 0 Å². The molecule has 2 aromatic carbocycles. The van der Waals surface area contributed by atoms with Crippen molar-refractivity contribution in [1.29, 1.82) is 0 Å². The minimum Gasteiger partial charge on any atom is -0.508 e. The third-order valence-corrected chi connectivity index (χ3v) is 3.95. The van der Waals surface area contributed by atoms with E-state index in [0.29, 0.717) is 5.69 Å². The maximum absolute atomic E-state index is 11.5. The van der Waals surface area contributed by atoms with Crippen LogP contribution in [0.15, 0.2) is 61.2 Å². The average Bonchev–Trinajstić information content (AvgIpc) is 2.59. The molecule has 3 N–H and O–H groups in total. The number of benzene rings is 2. The highest BCUT2D eigenvalue weighted by atomic mass is 16.3. The summed E-state index contributed by atoms with van der Waals surface area (Å²) in [7, 11) is 0. The summed E-state index contributed by atoms with van der Waals surface area (Å²) in [5.74, 6) is 0.0180. The number of ketones is 1. The summed E-state index contributed by atoms with van der Waals surface area (Å²) in [6, 6.07) is 11.1. The van der Waals surface area contributed by atoms with Crippen LogP contribution in [0.5, 0.6) is 5.75 Å². The van der Waals surface area contributed by atoms with Gasteiger partial charge in [-0.3, -0.25) is 4.79 Å². The third kappa shape index (κ3) is 4.48. The van der Waals surface area contributed by atoms with Crippen LogP contribution < -0.4 is 5.73 Å². The lowest BCUT2D eigenvalue weighted by atomic mass is 9.92. The topological polar surface area (TPSA) is 63.3 Å². The zero-order valence-corrected chi connectivity index (χ0v) is 14.6. The fourth-order valence-corrected chi connectivity index (χ4v) is 2.61. The Bertz CT molecular complexity index is 860. The Kier molecular flexibility index (Phi) is 5.96. The summed E-state index contributed by atoms with van der Waals surface area (Å²) in [5, 5.41) is 9.60. The first-order chi connectivity index (χ1) is 12.0. The number of phenols is 1. The van der Waals surface area contributed by atoms with E-state index < -0.39 is 0 Å². The van der Waals surface area contributed by atoms with E-state index in [1.165, 1.54) is 12.2 Å². The summed E-state index contributed by atoms with van der Waals surface area (Å²) in [4.78, 5) is 11.5. The molecular weight excluding hydrogens is 310 g/mol. The van der Waals surface area contributed by atoms with Gasteiger partial charge < -0.3 is 10.8 Å². The van der Waals surface area contributed by atoms with Crippen LogP contribution in [-0.2, 0) is 4.79 Å². The first-order valence-electron chi connectivity index (χ1n) is 8.20. The molecule has 3 heteroatoms. The largest absolute Gasteiger partial charge is 0.508 e. The molecule has 3 nitrogen and oxygen atoms in total. The molecule has 0 amide bonds. The molecule has 2 aromatic rings. The molecule has 0 atom stereocenters. The van der Waals surface area contributed by atoms with Crippen LogP contribution in [0.4, 0.5) is 5.69 Å². The van der Waals surface area contributed by atoms with Gasteiger partial charge in [0, 0.05) is 17.3 Å². The van der Waals surface area contributed by atoms with Crippen molar-refractivity contribution in [3.8, 4) is 5.75 Å². The molecule has 2 rings (SSSR count). The SMILES string of the molecule is C=CC(=O)/C=C\c1cc(C(=CCC)c2ccc(O)cc2N)ccc1C. The van der Waals surface area contributed by atoms with Crippen molar-refractivity contribution < 1.29 is 9.90 Å². The lowest BCUT2D eigenvalue weighted by Crippen LogP contribution is -1.96. The Morgan fingerprint density at radius 3 is 2.64 bits per heavy atom. The number of hydrogen-bond donors (Lipinski definition) is 2. The summed E-state index contributed by atoms with van der Waals surface area (Å²) < 4.78 is 0. The fraction of sp³-hybridized carbons (Fsp3) is 0.136. The first-order valence-corrected chi connectivity index (χ1v) is 8.20. The van der Waals surface area contributed by atoms with Gasteiger partial charge in [-0.05, 0) is 66.0 Å². The molecule has 0 saturated heterocycles. The number of nitrogen functional groups attached to an aromatic ring is 1. The monoisotopic (exact) mass is 333 g/mol. The molecule has 0 spiro atoms. The van der Waals surface area contributed by atoms with Crippen molar-refractivity contribution in [2.45, 2.75) is 20.3 Å². The minimum atomic E-state index is -0.128. The maximum Gasteiger partial charge on any atom is 0.178 e. The van der Waals surface area contributed by atoms with Crippen LogP contribution in [0.2, 0.25) is 0 Å². The third-order valence-electron chi connectivity index (χ3n) is 3.95. The van der Waals surface area contributed by atoms with Gasteiger partial charge in [0.15, 0.2) is 5.78 Å². The minimum absolute atomic E-state index is 0.128. The van der Waals surface area contributed by atoms with E-state index in [0.717, 1.165) is 34.2 Å². The molecule has 0 unspecified atom stereocenters. The number of rotatable bonds is 6. The molecule has 0 radical (unpaired) electrons. The second kappa shape index (κ2) is 8.15. The van der Waals surface area contributed by atoms with E-state index in [-0.39, 0.29) is 11.5 Å². The second-order valence-corrected chi connectivity index (χ2v) is 5.81. The van der Waals surface area contributed by atoms with Crippen molar-refractivity contribution >= 4 is 23.1 Å². The normalized spacial score (nSPS) is 11.7. The Balaban J connectivity index is 2.53. The molecular formula is C22H23NO2. The van der Waals surface area contributed by atoms with Crippen LogP contribution in [0.1, 0.15) is 35.6 Å². The van der Waals surface area contributed by atoms with Gasteiger partial charge in [-0.2, -0.15) is 0 Å². The molecule has 0 saturated carbocycles. The Morgan fingerprint density at radius 2 is 2.00 bits per heavy atom. The lowest BCUT2D eigenvalue weighted by molar-refractivity contribution is -0.110. The number of hydrogen-bond acceptors (Lipinski definition) is 3. The number of anilines is 1. The molecule has 25 heavy (non-hydrogen) atoms. The number of allylic oxidation sites excluding steroid dienone is 3. The molecule has 0 bridgehead atoms. The summed E-state index contributed by atoms with van der Waals surface area (Å²) in [6.07, 6.45) is 7.55. The maximum atomic E-state index is 11.5. The van der Waals surface area contributed by atoms with Gasteiger partial charge in [-0.1, -0.05) is 37.8 Å². The van der Waals surface area contributed by atoms with Crippen LogP contribution in [-0.4, -0.2) is 10.9 Å². The van der Waals surface area contributed by atoms with E-state index in [9.17, 15) is 9.90 Å². The van der Waals surface area contributed by atoms with Gasteiger partial charge in [-0.15, -0.1) is 0 Å². The number of carbonyl (C=O) groups excluding carboxylic acids is 1. The smallest absolute Gasteiger partial charge is 0.178 e. The molecule has 0 fully saturated rings. The highest BCUT2D eigenvalue weighted by molar-refractivity contribution is 6.01. The van der Waals surface area contributed by atoms with Crippen LogP contribution >= 0.6 is 0 Å². The highest BCUT2D eigenvalue weighted by Crippen LogP contribution is 2.32. The zero-order valence-electron chi connectivity index (χ0n) is 14.6. The molecule has 0 aliphatic heterocycles. The number of aryl methyl sites for hydroxylation is 1. The fourth-order valence-electron chi connectivity index (χ4n) is 2.61. The highest BCUT2D eigenvalue weighted by Gasteiger charge is 2.10. The predicted molar refractivity (Wildman–Crippen MR) is 105 cm³/mol. The van der Waals surface area contributed by atoms with Gasteiger partial charge in [0.05, 0.1) is 0 Å². The zero-order chi connectivity index (χ0) is 18.4. The van der Waals surface area contributed by atoms with Crippen LogP contribution in [0.25, 0.3) is 11.6 Å². The first kappa shape index (κ1) is 18.3. The predicted octanol–water partition coefficient (Wildman–Crippen LogP) is 4.89. The van der Waals surface area contributed by atoms with E-state index in [1.54, 1.807) is 18.2 Å². The number of carbonyl (C=O) groups is 1. The molecule has 0 heterocycles. The molecule has 0 aliphatic rings. The van der Waals surface area contributed by atoms with Gasteiger partial charge in [-0.25, -0.2) is 0 Å². The van der Waals surface area contributed by atoms with Gasteiger partial charge in [0.1, 0.15) is 5.75 Å². The van der Waals surface area contributed by atoms with Gasteiger partial charge in [0.25, 0.3) is 0 Å². The van der Waals surface area contributed by atoms with Gasteiger partial charge in [0.2, 0.25) is 0 Å². The van der Waals surface area contributed by atoms with Crippen molar-refractivity contribution in [3.05, 3.63) is 83.5 Å². The van der Waals surface area contributed by atoms with Crippen LogP contribution in [0, 0.1) is 6.92 Å². The van der Waals surface area contributed by atoms with Crippen LogP contribution in [0.3, 0.4) is 0 Å². The Hall–Kier alpha value is -3.07.